The maximum Gasteiger partial charge on any atom is 0.0794 e. The molecule has 1 rings (SSSR count). The van der Waals surface area contributed by atoms with Crippen molar-refractivity contribution in [2.45, 2.75) is 32.6 Å². The molecule has 0 bridgehead atoms. The lowest BCUT2D eigenvalue weighted by atomic mass is 10.0. The normalized spacial score (nSPS) is 10.7. The van der Waals surface area contributed by atoms with Crippen LogP contribution in [0.5, 0.6) is 0 Å². The number of rotatable bonds is 3. The highest BCUT2D eigenvalue weighted by Crippen LogP contribution is 2.21. The SMILES string of the molecule is CCC(CC)c1cscn1. The van der Waals surface area contributed by atoms with Crippen molar-refractivity contribution >= 4 is 11.3 Å². The molecule has 0 amide bonds. The quantitative estimate of drug-likeness (QED) is 0.653. The summed E-state index contributed by atoms with van der Waals surface area (Å²) in [5, 5.41) is 2.15. The number of aromatic nitrogens is 1. The zero-order valence-electron chi connectivity index (χ0n) is 6.50. The topological polar surface area (TPSA) is 12.9 Å². The third kappa shape index (κ3) is 1.57. The molecule has 10 heavy (non-hydrogen) atoms. The van der Waals surface area contributed by atoms with Crippen LogP contribution >= 0.6 is 11.3 Å². The number of hydrogen-bond donors (Lipinski definition) is 0. The molecule has 0 aliphatic carbocycles. The first-order chi connectivity index (χ1) is 4.88. The second kappa shape index (κ2) is 3.71. The molecule has 0 aliphatic heterocycles. The molecule has 0 aliphatic rings. The Morgan fingerprint density at radius 2 is 2.20 bits per heavy atom. The Kier molecular flexibility index (Phi) is 2.87. The minimum atomic E-state index is 0.686. The van der Waals surface area contributed by atoms with E-state index in [1.807, 2.05) is 5.51 Å². The molecule has 0 unspecified atom stereocenters. The third-order valence-electron chi connectivity index (χ3n) is 1.86. The van der Waals surface area contributed by atoms with Crippen LogP contribution in [-0.2, 0) is 0 Å². The van der Waals surface area contributed by atoms with E-state index in [4.69, 9.17) is 0 Å². The third-order valence-corrected chi connectivity index (χ3v) is 2.46. The maximum atomic E-state index is 4.28. The Hall–Kier alpha value is -0.370. The Labute approximate surface area is 66.1 Å². The molecule has 0 radical (unpaired) electrons. The van der Waals surface area contributed by atoms with Gasteiger partial charge in [0.25, 0.3) is 0 Å². The van der Waals surface area contributed by atoms with Crippen molar-refractivity contribution < 1.29 is 0 Å². The Bertz CT molecular complexity index is 165. The van der Waals surface area contributed by atoms with Crippen molar-refractivity contribution in [3.05, 3.63) is 16.6 Å². The summed E-state index contributed by atoms with van der Waals surface area (Å²) in [6, 6.07) is 0. The Morgan fingerprint density at radius 1 is 1.50 bits per heavy atom. The summed E-state index contributed by atoms with van der Waals surface area (Å²) < 4.78 is 0. The molecule has 0 fully saturated rings. The summed E-state index contributed by atoms with van der Waals surface area (Å²) in [7, 11) is 0. The van der Waals surface area contributed by atoms with Crippen molar-refractivity contribution in [1.82, 2.24) is 4.98 Å². The zero-order valence-corrected chi connectivity index (χ0v) is 7.32. The predicted molar refractivity (Wildman–Crippen MR) is 45.4 cm³/mol. The van der Waals surface area contributed by atoms with Crippen molar-refractivity contribution in [2.24, 2.45) is 0 Å². The van der Waals surface area contributed by atoms with Crippen molar-refractivity contribution in [3.8, 4) is 0 Å². The van der Waals surface area contributed by atoms with E-state index in [0.29, 0.717) is 5.92 Å². The van der Waals surface area contributed by atoms with Crippen LogP contribution in [0.1, 0.15) is 38.3 Å². The largest absolute Gasteiger partial charge is 0.249 e. The fraction of sp³-hybridized carbons (Fsp3) is 0.625. The number of hydrogen-bond acceptors (Lipinski definition) is 2. The predicted octanol–water partition coefficient (Wildman–Crippen LogP) is 3.05. The lowest BCUT2D eigenvalue weighted by Gasteiger charge is -2.06. The van der Waals surface area contributed by atoms with Crippen LogP contribution in [0.3, 0.4) is 0 Å². The van der Waals surface area contributed by atoms with E-state index in [1.54, 1.807) is 11.3 Å². The molecule has 1 aromatic heterocycles. The minimum Gasteiger partial charge on any atom is -0.249 e. The highest BCUT2D eigenvalue weighted by Gasteiger charge is 2.06. The zero-order chi connectivity index (χ0) is 7.40. The Balaban J connectivity index is 2.64. The van der Waals surface area contributed by atoms with Gasteiger partial charge in [-0.05, 0) is 12.8 Å². The molecule has 0 aromatic carbocycles. The molecule has 1 aromatic rings. The van der Waals surface area contributed by atoms with Gasteiger partial charge in [0.05, 0.1) is 11.2 Å². The second-order valence-corrected chi connectivity index (χ2v) is 3.15. The summed E-state index contributed by atoms with van der Waals surface area (Å²) in [4.78, 5) is 4.28. The monoisotopic (exact) mass is 155 g/mol. The molecular weight excluding hydrogens is 142 g/mol. The molecule has 0 atom stereocenters. The van der Waals surface area contributed by atoms with Gasteiger partial charge < -0.3 is 0 Å². The van der Waals surface area contributed by atoms with Gasteiger partial charge in [-0.25, -0.2) is 4.98 Å². The van der Waals surface area contributed by atoms with Gasteiger partial charge in [0.1, 0.15) is 0 Å². The molecule has 0 saturated heterocycles. The highest BCUT2D eigenvalue weighted by molar-refractivity contribution is 7.07. The van der Waals surface area contributed by atoms with E-state index in [2.05, 4.69) is 24.2 Å². The maximum absolute atomic E-state index is 4.28. The van der Waals surface area contributed by atoms with Gasteiger partial charge >= 0.3 is 0 Å². The standard InChI is InChI=1S/C8H13NS/c1-3-7(4-2)8-5-10-6-9-8/h5-7H,3-4H2,1-2H3. The van der Waals surface area contributed by atoms with Crippen LogP contribution in [0.15, 0.2) is 10.9 Å². The van der Waals surface area contributed by atoms with E-state index in [0.717, 1.165) is 0 Å². The van der Waals surface area contributed by atoms with Gasteiger partial charge in [-0.3, -0.25) is 0 Å². The number of thiazole rings is 1. The molecule has 0 N–H and O–H groups in total. The minimum absolute atomic E-state index is 0.686. The van der Waals surface area contributed by atoms with Gasteiger partial charge in [-0.2, -0.15) is 0 Å². The fourth-order valence-corrected chi connectivity index (χ4v) is 1.77. The van der Waals surface area contributed by atoms with Crippen LogP contribution < -0.4 is 0 Å². The van der Waals surface area contributed by atoms with Gasteiger partial charge in [-0.1, -0.05) is 13.8 Å². The first-order valence-corrected chi connectivity index (χ1v) is 4.70. The van der Waals surface area contributed by atoms with Gasteiger partial charge in [0.2, 0.25) is 0 Å². The second-order valence-electron chi connectivity index (χ2n) is 2.43. The van der Waals surface area contributed by atoms with E-state index in [9.17, 15) is 0 Å². The lowest BCUT2D eigenvalue weighted by molar-refractivity contribution is 0.627. The summed E-state index contributed by atoms with van der Waals surface area (Å²) >= 11 is 1.69. The van der Waals surface area contributed by atoms with Crippen molar-refractivity contribution in [1.29, 1.82) is 0 Å². The highest BCUT2D eigenvalue weighted by atomic mass is 32.1. The molecule has 1 nitrogen and oxygen atoms in total. The van der Waals surface area contributed by atoms with Crippen LogP contribution in [0.2, 0.25) is 0 Å². The van der Waals surface area contributed by atoms with Gasteiger partial charge in [0.15, 0.2) is 0 Å². The van der Waals surface area contributed by atoms with Gasteiger partial charge in [0, 0.05) is 11.3 Å². The van der Waals surface area contributed by atoms with Gasteiger partial charge in [-0.15, -0.1) is 11.3 Å². The number of nitrogens with zero attached hydrogens (tertiary/aromatic N) is 1. The average Bonchev–Trinajstić information content (AvgIpc) is 2.43. The van der Waals surface area contributed by atoms with E-state index in [1.165, 1.54) is 18.5 Å². The van der Waals surface area contributed by atoms with Crippen LogP contribution in [-0.4, -0.2) is 4.98 Å². The summed E-state index contributed by atoms with van der Waals surface area (Å²) in [6.07, 6.45) is 2.42. The smallest absolute Gasteiger partial charge is 0.0794 e. The van der Waals surface area contributed by atoms with Crippen LogP contribution in [0.4, 0.5) is 0 Å². The first kappa shape index (κ1) is 7.73. The molecule has 2 heteroatoms. The molecule has 56 valence electrons. The van der Waals surface area contributed by atoms with Crippen molar-refractivity contribution in [2.75, 3.05) is 0 Å². The summed E-state index contributed by atoms with van der Waals surface area (Å²) in [6.45, 7) is 4.43. The average molecular weight is 155 g/mol. The summed E-state index contributed by atoms with van der Waals surface area (Å²) in [5.74, 6) is 0.686. The van der Waals surface area contributed by atoms with E-state index >= 15 is 0 Å². The van der Waals surface area contributed by atoms with Crippen LogP contribution in [0, 0.1) is 0 Å². The first-order valence-electron chi connectivity index (χ1n) is 3.76. The molecular formula is C8H13NS. The molecule has 0 saturated carbocycles. The van der Waals surface area contributed by atoms with E-state index < -0.39 is 0 Å². The lowest BCUT2D eigenvalue weighted by Crippen LogP contribution is -1.94. The van der Waals surface area contributed by atoms with E-state index in [-0.39, 0.29) is 0 Å². The van der Waals surface area contributed by atoms with Crippen molar-refractivity contribution in [3.63, 3.8) is 0 Å². The molecule has 0 spiro atoms. The summed E-state index contributed by atoms with van der Waals surface area (Å²) in [5.41, 5.74) is 3.18. The Morgan fingerprint density at radius 3 is 2.60 bits per heavy atom. The molecule has 1 heterocycles. The fourth-order valence-electron chi connectivity index (χ4n) is 1.13. The van der Waals surface area contributed by atoms with Crippen LogP contribution in [0.25, 0.3) is 0 Å².